The topological polar surface area (TPSA) is 95.6 Å². The summed E-state index contributed by atoms with van der Waals surface area (Å²) in [6.45, 7) is 0.298. The Bertz CT molecular complexity index is 184. The first-order valence-electron chi connectivity index (χ1n) is 3.38. The van der Waals surface area contributed by atoms with E-state index < -0.39 is 14.1 Å². The largest absolute Gasteiger partial charge is 0.756 e. The summed E-state index contributed by atoms with van der Waals surface area (Å²) in [6, 6.07) is 0. The maximum atomic E-state index is 10.2. The lowest BCUT2D eigenvalue weighted by Crippen LogP contribution is -2.46. The summed E-state index contributed by atoms with van der Waals surface area (Å²) in [5.74, 6) is 0. The standard InChI is InChI=1S/C5H15N2O4P/c1-7(2,3)4-5(6)11-12(8,9)10/h5H,4,6H2,1-3H3,(H-,8,9,10). The van der Waals surface area contributed by atoms with Gasteiger partial charge in [0.05, 0.1) is 21.1 Å². The van der Waals surface area contributed by atoms with Crippen LogP contribution >= 0.6 is 7.82 Å². The molecule has 0 aromatic heterocycles. The molecular formula is C5H15N2O4P. The first kappa shape index (κ1) is 12.0. The van der Waals surface area contributed by atoms with Gasteiger partial charge in [-0.15, -0.1) is 0 Å². The van der Waals surface area contributed by atoms with E-state index in [1.165, 1.54) is 0 Å². The third-order valence-electron chi connectivity index (χ3n) is 0.996. The first-order valence-corrected chi connectivity index (χ1v) is 4.88. The van der Waals surface area contributed by atoms with Crippen LogP contribution in [-0.2, 0) is 9.09 Å². The van der Waals surface area contributed by atoms with Crippen molar-refractivity contribution < 1.29 is 23.4 Å². The molecule has 0 saturated heterocycles. The molecule has 6 nitrogen and oxygen atoms in total. The summed E-state index contributed by atoms with van der Waals surface area (Å²) < 4.78 is 14.8. The summed E-state index contributed by atoms with van der Waals surface area (Å²) in [5, 5.41) is 0. The van der Waals surface area contributed by atoms with Crippen LogP contribution in [0.25, 0.3) is 0 Å². The van der Waals surface area contributed by atoms with Crippen molar-refractivity contribution in [2.75, 3.05) is 27.7 Å². The Balaban J connectivity index is 3.91. The lowest BCUT2D eigenvalue weighted by atomic mass is 10.5. The average molecular weight is 198 g/mol. The minimum atomic E-state index is -4.69. The second kappa shape index (κ2) is 3.83. The summed E-state index contributed by atoms with van der Waals surface area (Å²) in [5.41, 5.74) is 5.28. The third kappa shape index (κ3) is 8.13. The van der Waals surface area contributed by atoms with E-state index >= 15 is 0 Å². The van der Waals surface area contributed by atoms with Gasteiger partial charge in [0.15, 0.2) is 6.23 Å². The maximum absolute atomic E-state index is 10.2. The molecule has 74 valence electrons. The van der Waals surface area contributed by atoms with Crippen LogP contribution in [-0.4, -0.2) is 43.3 Å². The normalized spacial score (nSPS) is 20.2. The smallest absolute Gasteiger partial charge is 0.267 e. The molecule has 0 rings (SSSR count). The molecule has 0 aliphatic rings. The summed E-state index contributed by atoms with van der Waals surface area (Å²) in [6.07, 6.45) is -1.00. The SMILES string of the molecule is C[N+](C)(C)CC(N)OP(=O)([O-])O. The van der Waals surface area contributed by atoms with Crippen LogP contribution in [0.5, 0.6) is 0 Å². The Labute approximate surface area is 71.8 Å². The van der Waals surface area contributed by atoms with Gasteiger partial charge in [-0.2, -0.15) is 0 Å². The Morgan fingerprint density at radius 3 is 2.33 bits per heavy atom. The van der Waals surface area contributed by atoms with Crippen LogP contribution in [0.3, 0.4) is 0 Å². The number of rotatable bonds is 4. The van der Waals surface area contributed by atoms with Gasteiger partial charge in [0.2, 0.25) is 0 Å². The Kier molecular flexibility index (Phi) is 3.84. The fraction of sp³-hybridized carbons (Fsp3) is 1.00. The lowest BCUT2D eigenvalue weighted by molar-refractivity contribution is -0.873. The molecule has 0 aliphatic heterocycles. The fourth-order valence-corrected chi connectivity index (χ4v) is 1.15. The van der Waals surface area contributed by atoms with Gasteiger partial charge < -0.3 is 20.0 Å². The molecule has 0 amide bonds. The molecule has 0 aromatic carbocycles. The van der Waals surface area contributed by atoms with E-state index in [1.807, 2.05) is 21.1 Å². The summed E-state index contributed by atoms with van der Waals surface area (Å²) >= 11 is 0. The highest BCUT2D eigenvalue weighted by Crippen LogP contribution is 2.31. The van der Waals surface area contributed by atoms with Crippen LogP contribution in [0.15, 0.2) is 0 Å². The molecule has 0 saturated carbocycles. The van der Waals surface area contributed by atoms with Crippen molar-refractivity contribution in [3.05, 3.63) is 0 Å². The first-order chi connectivity index (χ1) is 5.10. The predicted octanol–water partition coefficient (Wildman–Crippen LogP) is -1.55. The minimum absolute atomic E-state index is 0.298. The van der Waals surface area contributed by atoms with Crippen LogP contribution in [0.2, 0.25) is 0 Å². The van der Waals surface area contributed by atoms with E-state index in [0.29, 0.717) is 11.0 Å². The monoisotopic (exact) mass is 198 g/mol. The van der Waals surface area contributed by atoms with Gasteiger partial charge >= 0.3 is 0 Å². The van der Waals surface area contributed by atoms with Crippen molar-refractivity contribution in [1.29, 1.82) is 0 Å². The van der Waals surface area contributed by atoms with Gasteiger partial charge in [-0.1, -0.05) is 0 Å². The van der Waals surface area contributed by atoms with Crippen LogP contribution in [0.1, 0.15) is 0 Å². The second-order valence-corrected chi connectivity index (χ2v) is 4.73. The van der Waals surface area contributed by atoms with Crippen LogP contribution < -0.4 is 10.6 Å². The molecular weight excluding hydrogens is 183 g/mol. The number of hydrogen-bond acceptors (Lipinski definition) is 4. The Hall–Kier alpha value is 0.0300. The second-order valence-electron chi connectivity index (χ2n) is 3.59. The van der Waals surface area contributed by atoms with Crippen LogP contribution in [0.4, 0.5) is 0 Å². The molecule has 2 atom stereocenters. The third-order valence-corrected chi connectivity index (χ3v) is 1.53. The van der Waals surface area contributed by atoms with Crippen LogP contribution in [0, 0.1) is 0 Å². The van der Waals surface area contributed by atoms with Gasteiger partial charge in [-0.05, 0) is 0 Å². The fourth-order valence-electron chi connectivity index (χ4n) is 0.744. The zero-order chi connectivity index (χ0) is 9.99. The van der Waals surface area contributed by atoms with E-state index in [1.54, 1.807) is 0 Å². The molecule has 2 unspecified atom stereocenters. The quantitative estimate of drug-likeness (QED) is 0.324. The zero-order valence-corrected chi connectivity index (χ0v) is 8.32. The lowest BCUT2D eigenvalue weighted by Gasteiger charge is -2.29. The predicted molar refractivity (Wildman–Crippen MR) is 41.8 cm³/mol. The van der Waals surface area contributed by atoms with Crippen molar-refractivity contribution in [2.45, 2.75) is 6.23 Å². The van der Waals surface area contributed by atoms with E-state index in [-0.39, 0.29) is 0 Å². The molecule has 0 aromatic rings. The zero-order valence-electron chi connectivity index (χ0n) is 7.43. The molecule has 3 N–H and O–H groups in total. The molecule has 7 heteroatoms. The van der Waals surface area contributed by atoms with Gasteiger partial charge in [0.25, 0.3) is 7.82 Å². The number of nitrogens with two attached hydrogens (primary N) is 1. The van der Waals surface area contributed by atoms with E-state index in [0.717, 1.165) is 0 Å². The van der Waals surface area contributed by atoms with Gasteiger partial charge in [-0.25, -0.2) is 0 Å². The molecule has 0 heterocycles. The number of quaternary nitrogens is 1. The van der Waals surface area contributed by atoms with Crippen molar-refractivity contribution in [3.63, 3.8) is 0 Å². The molecule has 0 fully saturated rings. The summed E-state index contributed by atoms with van der Waals surface area (Å²) in [7, 11) is 0.796. The Morgan fingerprint density at radius 2 is 2.08 bits per heavy atom. The average Bonchev–Trinajstić information content (AvgIpc) is 1.49. The number of phosphoric ester groups is 1. The number of hydrogen-bond donors (Lipinski definition) is 2. The number of likely N-dealkylation sites (N-methyl/N-ethyl adjacent to an activating group) is 1. The highest BCUT2D eigenvalue weighted by molar-refractivity contribution is 7.44. The van der Waals surface area contributed by atoms with Crippen molar-refractivity contribution in [2.24, 2.45) is 5.73 Å². The highest BCUT2D eigenvalue weighted by Gasteiger charge is 2.18. The Morgan fingerprint density at radius 1 is 1.67 bits per heavy atom. The minimum Gasteiger partial charge on any atom is -0.756 e. The van der Waals surface area contributed by atoms with Crippen molar-refractivity contribution >= 4 is 7.82 Å². The number of nitrogens with zero attached hydrogens (tertiary/aromatic N) is 1. The molecule has 0 aliphatic carbocycles. The number of phosphoric acid groups is 1. The maximum Gasteiger partial charge on any atom is 0.267 e. The van der Waals surface area contributed by atoms with Gasteiger partial charge in [-0.3, -0.25) is 9.09 Å². The van der Waals surface area contributed by atoms with E-state index in [9.17, 15) is 9.46 Å². The van der Waals surface area contributed by atoms with E-state index in [2.05, 4.69) is 4.52 Å². The molecule has 0 radical (unpaired) electrons. The molecule has 0 spiro atoms. The summed E-state index contributed by atoms with van der Waals surface area (Å²) in [4.78, 5) is 18.5. The van der Waals surface area contributed by atoms with Gasteiger partial charge in [0, 0.05) is 0 Å². The van der Waals surface area contributed by atoms with Crippen molar-refractivity contribution in [3.8, 4) is 0 Å². The molecule has 0 bridgehead atoms. The molecule has 12 heavy (non-hydrogen) atoms. The highest BCUT2D eigenvalue weighted by atomic mass is 31.2. The van der Waals surface area contributed by atoms with Gasteiger partial charge in [0.1, 0.15) is 6.54 Å². The van der Waals surface area contributed by atoms with Crippen molar-refractivity contribution in [1.82, 2.24) is 0 Å². The van der Waals surface area contributed by atoms with E-state index in [4.69, 9.17) is 10.6 Å².